The third kappa shape index (κ3) is 3.20. The zero-order valence-corrected chi connectivity index (χ0v) is 10.7. The average molecular weight is 256 g/mol. The van der Waals surface area contributed by atoms with Crippen LogP contribution in [0.5, 0.6) is 5.75 Å². The van der Waals surface area contributed by atoms with Crippen molar-refractivity contribution in [1.29, 1.82) is 0 Å². The highest BCUT2D eigenvalue weighted by Gasteiger charge is 2.19. The van der Waals surface area contributed by atoms with Gasteiger partial charge >= 0.3 is 0 Å². The van der Waals surface area contributed by atoms with Crippen LogP contribution in [0.4, 0.5) is 0 Å². The highest BCUT2D eigenvalue weighted by Crippen LogP contribution is 2.28. The molecule has 0 aliphatic rings. The van der Waals surface area contributed by atoms with Crippen LogP contribution in [0.1, 0.15) is 17.3 Å². The first-order valence-corrected chi connectivity index (χ1v) is 5.46. The lowest BCUT2D eigenvalue weighted by Gasteiger charge is -2.19. The molecule has 0 aliphatic carbocycles. The fourth-order valence-corrected chi connectivity index (χ4v) is 1.56. The number of hydrogen-bond acceptors (Lipinski definition) is 3. The Morgan fingerprint density at radius 3 is 2.65 bits per heavy atom. The fraction of sp³-hybridized carbons (Fsp3) is 0.333. The molecular weight excluding hydrogens is 242 g/mol. The summed E-state index contributed by atoms with van der Waals surface area (Å²) < 4.78 is 5.44. The zero-order valence-electron chi connectivity index (χ0n) is 9.94. The monoisotopic (exact) mass is 255 g/mol. The fourth-order valence-electron chi connectivity index (χ4n) is 1.33. The van der Waals surface area contributed by atoms with Crippen molar-refractivity contribution in [3.63, 3.8) is 0 Å². The normalized spacial score (nSPS) is 11.8. The summed E-state index contributed by atoms with van der Waals surface area (Å²) >= 11 is 5.93. The summed E-state index contributed by atoms with van der Waals surface area (Å²) in [5.74, 6) is 0.0497. The Bertz CT molecular complexity index is 432. The molecule has 92 valence electrons. The molecule has 0 aromatic heterocycles. The summed E-state index contributed by atoms with van der Waals surface area (Å²) in [5.41, 5.74) is 0.330. The third-order valence-electron chi connectivity index (χ3n) is 2.21. The molecule has 0 saturated heterocycles. The second kappa shape index (κ2) is 5.68. The second-order valence-corrected chi connectivity index (χ2v) is 4.18. The molecule has 0 fully saturated rings. The van der Waals surface area contributed by atoms with E-state index < -0.39 is 6.10 Å². The van der Waals surface area contributed by atoms with Gasteiger partial charge in [-0.1, -0.05) is 17.7 Å². The molecule has 17 heavy (non-hydrogen) atoms. The number of para-hydroxylation sites is 1. The van der Waals surface area contributed by atoms with Gasteiger partial charge in [-0.3, -0.25) is 9.59 Å². The van der Waals surface area contributed by atoms with E-state index in [9.17, 15) is 9.59 Å². The summed E-state index contributed by atoms with van der Waals surface area (Å²) in [4.78, 5) is 23.9. The van der Waals surface area contributed by atoms with E-state index in [2.05, 4.69) is 0 Å². The number of carbonyl (C=O) groups excluding carboxylic acids is 2. The van der Waals surface area contributed by atoms with Gasteiger partial charge in [0.15, 0.2) is 12.4 Å². The van der Waals surface area contributed by atoms with Crippen molar-refractivity contribution in [3.8, 4) is 5.75 Å². The molecule has 1 aromatic carbocycles. The highest BCUT2D eigenvalue weighted by molar-refractivity contribution is 6.32. The lowest BCUT2D eigenvalue weighted by atomic mass is 10.2. The third-order valence-corrected chi connectivity index (χ3v) is 2.51. The van der Waals surface area contributed by atoms with E-state index in [1.807, 2.05) is 0 Å². The van der Waals surface area contributed by atoms with Crippen molar-refractivity contribution in [1.82, 2.24) is 4.90 Å². The maximum absolute atomic E-state index is 11.6. The van der Waals surface area contributed by atoms with Crippen molar-refractivity contribution in [3.05, 3.63) is 28.8 Å². The first-order valence-electron chi connectivity index (χ1n) is 5.09. The van der Waals surface area contributed by atoms with Gasteiger partial charge in [-0.25, -0.2) is 0 Å². The van der Waals surface area contributed by atoms with E-state index in [4.69, 9.17) is 16.3 Å². The van der Waals surface area contributed by atoms with E-state index >= 15 is 0 Å². The lowest BCUT2D eigenvalue weighted by Crippen LogP contribution is -2.35. The Kier molecular flexibility index (Phi) is 4.52. The van der Waals surface area contributed by atoms with Crippen LogP contribution in [-0.4, -0.2) is 37.3 Å². The molecule has 1 atom stereocenters. The molecule has 0 heterocycles. The number of rotatable bonds is 4. The Labute approximate surface area is 105 Å². The van der Waals surface area contributed by atoms with Gasteiger partial charge in [-0.05, 0) is 19.1 Å². The van der Waals surface area contributed by atoms with Gasteiger partial charge in [0.25, 0.3) is 5.91 Å². The molecule has 4 nitrogen and oxygen atoms in total. The highest BCUT2D eigenvalue weighted by atomic mass is 35.5. The van der Waals surface area contributed by atoms with Crippen LogP contribution in [0.15, 0.2) is 18.2 Å². The first kappa shape index (κ1) is 13.5. The van der Waals surface area contributed by atoms with Crippen LogP contribution in [0, 0.1) is 0 Å². The maximum Gasteiger partial charge on any atom is 0.262 e. The molecule has 1 unspecified atom stereocenters. The minimum Gasteiger partial charge on any atom is -0.479 e. The van der Waals surface area contributed by atoms with E-state index in [1.165, 1.54) is 4.90 Å². The van der Waals surface area contributed by atoms with Crippen LogP contribution in [0.2, 0.25) is 5.02 Å². The van der Waals surface area contributed by atoms with Crippen LogP contribution in [-0.2, 0) is 4.79 Å². The van der Waals surface area contributed by atoms with Crippen LogP contribution in [0.3, 0.4) is 0 Å². The van der Waals surface area contributed by atoms with Gasteiger partial charge in [-0.15, -0.1) is 0 Å². The smallest absolute Gasteiger partial charge is 0.262 e. The number of likely N-dealkylation sites (N-methyl/N-ethyl adjacent to an activating group) is 1. The molecule has 0 spiro atoms. The van der Waals surface area contributed by atoms with Gasteiger partial charge in [0, 0.05) is 14.1 Å². The summed E-state index contributed by atoms with van der Waals surface area (Å²) in [5, 5.41) is 0.313. The Hall–Kier alpha value is -1.55. The molecule has 0 radical (unpaired) electrons. The predicted octanol–water partition coefficient (Wildman–Crippen LogP) is 2.01. The predicted molar refractivity (Wildman–Crippen MR) is 65.6 cm³/mol. The summed E-state index contributed by atoms with van der Waals surface area (Å²) in [6.07, 6.45) is -0.0442. The van der Waals surface area contributed by atoms with Gasteiger partial charge in [0.1, 0.15) is 5.75 Å². The number of ether oxygens (including phenoxy) is 1. The van der Waals surface area contributed by atoms with Crippen LogP contribution in [0.25, 0.3) is 0 Å². The largest absolute Gasteiger partial charge is 0.479 e. The molecule has 1 amide bonds. The van der Waals surface area contributed by atoms with Crippen molar-refractivity contribution >= 4 is 23.8 Å². The molecule has 1 rings (SSSR count). The van der Waals surface area contributed by atoms with Crippen molar-refractivity contribution in [2.45, 2.75) is 13.0 Å². The molecule has 5 heteroatoms. The van der Waals surface area contributed by atoms with Crippen molar-refractivity contribution < 1.29 is 14.3 Å². The van der Waals surface area contributed by atoms with Crippen LogP contribution < -0.4 is 4.74 Å². The summed E-state index contributed by atoms with van der Waals surface area (Å²) in [6.45, 7) is 1.61. The second-order valence-electron chi connectivity index (χ2n) is 3.77. The SMILES string of the molecule is CC(Oc1c(Cl)cccc1C=O)C(=O)N(C)C. The zero-order chi connectivity index (χ0) is 13.0. The average Bonchev–Trinajstić information content (AvgIpc) is 2.30. The van der Waals surface area contributed by atoms with Gasteiger partial charge in [0.05, 0.1) is 10.6 Å². The number of nitrogens with zero attached hydrogens (tertiary/aromatic N) is 1. The van der Waals surface area contributed by atoms with Gasteiger partial charge in [0.2, 0.25) is 0 Å². The first-order chi connectivity index (χ1) is 7.97. The number of halogens is 1. The van der Waals surface area contributed by atoms with Crippen LogP contribution >= 0.6 is 11.6 Å². The Morgan fingerprint density at radius 1 is 1.47 bits per heavy atom. The molecule has 1 aromatic rings. The van der Waals surface area contributed by atoms with Crippen molar-refractivity contribution in [2.75, 3.05) is 14.1 Å². The molecular formula is C12H14ClNO3. The van der Waals surface area contributed by atoms with E-state index in [1.54, 1.807) is 39.2 Å². The number of carbonyl (C=O) groups is 2. The number of benzene rings is 1. The lowest BCUT2D eigenvalue weighted by molar-refractivity contribution is -0.135. The summed E-state index contributed by atoms with van der Waals surface area (Å²) in [7, 11) is 3.27. The molecule has 0 N–H and O–H groups in total. The van der Waals surface area contributed by atoms with Crippen molar-refractivity contribution in [2.24, 2.45) is 0 Å². The van der Waals surface area contributed by atoms with E-state index in [-0.39, 0.29) is 11.7 Å². The van der Waals surface area contributed by atoms with Gasteiger partial charge in [-0.2, -0.15) is 0 Å². The molecule has 0 saturated carbocycles. The van der Waals surface area contributed by atoms with Gasteiger partial charge < -0.3 is 9.64 Å². The minimum absolute atomic E-state index is 0.193. The summed E-state index contributed by atoms with van der Waals surface area (Å²) in [6, 6.07) is 4.84. The maximum atomic E-state index is 11.6. The van der Waals surface area contributed by atoms with E-state index in [0.29, 0.717) is 16.9 Å². The topological polar surface area (TPSA) is 46.6 Å². The number of amides is 1. The molecule has 0 bridgehead atoms. The Balaban J connectivity index is 2.95. The molecule has 0 aliphatic heterocycles. The standard InChI is InChI=1S/C12H14ClNO3/c1-8(12(16)14(2)3)17-11-9(7-15)5-4-6-10(11)13/h4-8H,1-3H3. The minimum atomic E-state index is -0.691. The number of hydrogen-bond donors (Lipinski definition) is 0. The van der Waals surface area contributed by atoms with E-state index in [0.717, 1.165) is 0 Å². The quantitative estimate of drug-likeness (QED) is 0.773. The Morgan fingerprint density at radius 2 is 2.12 bits per heavy atom. The number of aldehydes is 1.